The van der Waals surface area contributed by atoms with Crippen LogP contribution in [0.15, 0.2) is 59.4 Å². The maximum atomic E-state index is 13.1. The van der Waals surface area contributed by atoms with Gasteiger partial charge in [-0.2, -0.15) is 0 Å². The Morgan fingerprint density at radius 1 is 1.13 bits per heavy atom. The number of benzene rings is 2. The Labute approximate surface area is 174 Å². The van der Waals surface area contributed by atoms with Crippen LogP contribution in [0.2, 0.25) is 0 Å². The number of para-hydroxylation sites is 2. The Morgan fingerprint density at radius 2 is 1.87 bits per heavy atom. The lowest BCUT2D eigenvalue weighted by Crippen LogP contribution is -2.51. The Hall–Kier alpha value is -3.12. The molecule has 6 heteroatoms. The van der Waals surface area contributed by atoms with Crippen LogP contribution in [-0.4, -0.2) is 41.5 Å². The first kappa shape index (κ1) is 18.9. The Bertz CT molecular complexity index is 1160. The number of piperidine rings is 1. The van der Waals surface area contributed by atoms with Crippen LogP contribution in [0.25, 0.3) is 10.9 Å². The summed E-state index contributed by atoms with van der Waals surface area (Å²) in [5.41, 5.74) is 1.17. The number of pyridine rings is 1. The lowest BCUT2D eigenvalue weighted by molar-refractivity contribution is -0.0195. The normalized spacial score (nSPS) is 20.5. The first-order chi connectivity index (χ1) is 14.5. The third-order valence-electron chi connectivity index (χ3n) is 6.40. The van der Waals surface area contributed by atoms with Gasteiger partial charge < -0.3 is 19.9 Å². The van der Waals surface area contributed by atoms with Crippen molar-refractivity contribution in [2.24, 2.45) is 0 Å². The summed E-state index contributed by atoms with van der Waals surface area (Å²) < 4.78 is 6.46. The molecule has 3 aromatic rings. The monoisotopic (exact) mass is 403 g/mol. The fraction of sp³-hybridized carbons (Fsp3) is 0.333. The van der Waals surface area contributed by atoms with E-state index in [4.69, 9.17) is 4.74 Å². The minimum atomic E-state index is -0.374. The van der Waals surface area contributed by atoms with Crippen LogP contribution in [0.3, 0.4) is 0 Å². The second-order valence-electron chi connectivity index (χ2n) is 8.46. The first-order valence-corrected chi connectivity index (χ1v) is 10.4. The number of rotatable bonds is 2. The van der Waals surface area contributed by atoms with E-state index in [2.05, 4.69) is 22.2 Å². The van der Waals surface area contributed by atoms with E-state index in [0.29, 0.717) is 6.42 Å². The fourth-order valence-electron chi connectivity index (χ4n) is 4.63. The minimum absolute atomic E-state index is 0.134. The zero-order valence-corrected chi connectivity index (χ0v) is 17.0. The third kappa shape index (κ3) is 3.37. The van der Waals surface area contributed by atoms with Crippen molar-refractivity contribution in [3.05, 3.63) is 76.1 Å². The van der Waals surface area contributed by atoms with Crippen molar-refractivity contribution in [2.45, 2.75) is 30.9 Å². The largest absolute Gasteiger partial charge is 0.487 e. The molecule has 0 radical (unpaired) electrons. The van der Waals surface area contributed by atoms with Crippen molar-refractivity contribution in [3.8, 4) is 5.75 Å². The number of carbonyl (C=O) groups is 1. The lowest BCUT2D eigenvalue weighted by atomic mass is 9.80. The molecule has 5 rings (SSSR count). The number of nitrogens with one attached hydrogen (secondary N) is 2. The molecule has 0 aliphatic carbocycles. The highest BCUT2D eigenvalue weighted by Gasteiger charge is 2.43. The van der Waals surface area contributed by atoms with Crippen LogP contribution in [0, 0.1) is 0 Å². The molecule has 2 aliphatic rings. The van der Waals surface area contributed by atoms with Crippen molar-refractivity contribution < 1.29 is 9.53 Å². The highest BCUT2D eigenvalue weighted by Crippen LogP contribution is 2.44. The van der Waals surface area contributed by atoms with Crippen molar-refractivity contribution >= 4 is 16.8 Å². The van der Waals surface area contributed by atoms with E-state index in [9.17, 15) is 9.59 Å². The predicted molar refractivity (Wildman–Crippen MR) is 116 cm³/mol. The van der Waals surface area contributed by atoms with Crippen LogP contribution in [0.5, 0.6) is 5.75 Å². The predicted octanol–water partition coefficient (Wildman–Crippen LogP) is 3.25. The summed E-state index contributed by atoms with van der Waals surface area (Å²) in [7, 11) is 2.12. The van der Waals surface area contributed by atoms with Gasteiger partial charge >= 0.3 is 0 Å². The van der Waals surface area contributed by atoms with Crippen LogP contribution in [-0.2, 0) is 0 Å². The van der Waals surface area contributed by atoms with Crippen molar-refractivity contribution in [3.63, 3.8) is 0 Å². The van der Waals surface area contributed by atoms with Crippen LogP contribution < -0.4 is 15.6 Å². The van der Waals surface area contributed by atoms with Crippen molar-refractivity contribution in [2.75, 3.05) is 20.1 Å². The van der Waals surface area contributed by atoms with E-state index in [1.807, 2.05) is 48.5 Å². The minimum Gasteiger partial charge on any atom is -0.487 e. The van der Waals surface area contributed by atoms with Gasteiger partial charge in [0.2, 0.25) is 0 Å². The smallest absolute Gasteiger partial charge is 0.261 e. The number of aromatic amines is 1. The molecule has 1 amide bonds. The quantitative estimate of drug-likeness (QED) is 0.689. The number of likely N-dealkylation sites (tertiary alicyclic amines) is 1. The zero-order valence-electron chi connectivity index (χ0n) is 17.0. The number of nitrogens with zero attached hydrogens (tertiary/aromatic N) is 1. The number of fused-ring (bicyclic) bond motifs is 2. The van der Waals surface area contributed by atoms with Gasteiger partial charge in [0.1, 0.15) is 16.9 Å². The molecule has 6 nitrogen and oxygen atoms in total. The number of hydrogen-bond donors (Lipinski definition) is 2. The summed E-state index contributed by atoms with van der Waals surface area (Å²) in [5.74, 6) is 0.470. The number of hydrogen-bond acceptors (Lipinski definition) is 4. The van der Waals surface area contributed by atoms with Crippen LogP contribution in [0.1, 0.15) is 41.2 Å². The summed E-state index contributed by atoms with van der Waals surface area (Å²) in [6.45, 7) is 1.93. The van der Waals surface area contributed by atoms with E-state index in [1.165, 1.54) is 0 Å². The first-order valence-electron chi connectivity index (χ1n) is 10.4. The van der Waals surface area contributed by atoms with Gasteiger partial charge in [0.05, 0.1) is 6.04 Å². The Morgan fingerprint density at radius 3 is 2.70 bits per heavy atom. The number of ether oxygens (including phenoxy) is 1. The third-order valence-corrected chi connectivity index (χ3v) is 6.40. The number of carbonyl (C=O) groups excluding carboxylic acids is 1. The van der Waals surface area contributed by atoms with Gasteiger partial charge in [-0.05, 0) is 43.5 Å². The van der Waals surface area contributed by atoms with Crippen LogP contribution in [0.4, 0.5) is 0 Å². The van der Waals surface area contributed by atoms with Gasteiger partial charge in [-0.15, -0.1) is 0 Å². The molecule has 1 atom stereocenters. The Balaban J connectivity index is 1.46. The molecular formula is C24H25N3O3. The average molecular weight is 403 g/mol. The summed E-state index contributed by atoms with van der Waals surface area (Å²) in [6.07, 6.45) is 2.54. The maximum Gasteiger partial charge on any atom is 0.261 e. The molecule has 0 bridgehead atoms. The molecule has 2 aliphatic heterocycles. The van der Waals surface area contributed by atoms with Gasteiger partial charge in [0.15, 0.2) is 0 Å². The van der Waals surface area contributed by atoms with Gasteiger partial charge in [-0.3, -0.25) is 9.59 Å². The van der Waals surface area contributed by atoms with Gasteiger partial charge in [-0.1, -0.05) is 36.4 Å². The molecule has 1 fully saturated rings. The summed E-state index contributed by atoms with van der Waals surface area (Å²) >= 11 is 0. The van der Waals surface area contributed by atoms with E-state index in [1.54, 1.807) is 6.07 Å². The molecule has 1 saturated heterocycles. The molecular weight excluding hydrogens is 378 g/mol. The second kappa shape index (κ2) is 7.29. The molecule has 1 aromatic heterocycles. The maximum absolute atomic E-state index is 13.1. The number of amides is 1. The highest BCUT2D eigenvalue weighted by atomic mass is 16.5. The average Bonchev–Trinajstić information content (AvgIpc) is 2.75. The fourth-order valence-corrected chi connectivity index (χ4v) is 4.63. The van der Waals surface area contributed by atoms with E-state index in [-0.39, 0.29) is 28.7 Å². The molecule has 30 heavy (non-hydrogen) atoms. The summed E-state index contributed by atoms with van der Waals surface area (Å²) in [6, 6.07) is 16.8. The SMILES string of the molecule is CN1CCC2(CC1)CC(NC(=O)c1cc3ccccc3[nH]c1=O)c1ccccc1O2. The van der Waals surface area contributed by atoms with Gasteiger partial charge in [-0.25, -0.2) is 0 Å². The molecule has 154 valence electrons. The molecule has 2 aromatic carbocycles. The van der Waals surface area contributed by atoms with E-state index < -0.39 is 0 Å². The van der Waals surface area contributed by atoms with Gasteiger partial charge in [0, 0.05) is 30.6 Å². The van der Waals surface area contributed by atoms with Gasteiger partial charge in [0.25, 0.3) is 11.5 Å². The topological polar surface area (TPSA) is 74.4 Å². The Kier molecular flexibility index (Phi) is 4.59. The molecule has 3 heterocycles. The summed E-state index contributed by atoms with van der Waals surface area (Å²) in [5, 5.41) is 3.96. The number of aromatic nitrogens is 1. The van der Waals surface area contributed by atoms with Crippen molar-refractivity contribution in [1.29, 1.82) is 0 Å². The van der Waals surface area contributed by atoms with Crippen LogP contribution >= 0.6 is 0 Å². The molecule has 0 saturated carbocycles. The number of H-pyrrole nitrogens is 1. The molecule has 1 unspecified atom stereocenters. The summed E-state index contributed by atoms with van der Waals surface area (Å²) in [4.78, 5) is 30.8. The highest BCUT2D eigenvalue weighted by molar-refractivity contribution is 5.97. The van der Waals surface area contributed by atoms with Crippen molar-refractivity contribution in [1.82, 2.24) is 15.2 Å². The zero-order chi connectivity index (χ0) is 20.7. The molecule has 2 N–H and O–H groups in total. The van der Waals surface area contributed by atoms with E-state index in [0.717, 1.165) is 48.1 Å². The second-order valence-corrected chi connectivity index (χ2v) is 8.46. The molecule has 1 spiro atoms. The lowest BCUT2D eigenvalue weighted by Gasteiger charge is -2.46. The standard InChI is InChI=1S/C24H25N3O3/c1-27-12-10-24(11-13-27)15-20(17-7-3-5-9-21(17)30-24)26-23(29)18-14-16-6-2-4-8-19(16)25-22(18)28/h2-9,14,20H,10-13,15H2,1H3,(H,25,28)(H,26,29). The van der Waals surface area contributed by atoms with E-state index >= 15 is 0 Å².